The molecule has 1 fully saturated rings. The molecule has 0 radical (unpaired) electrons. The molecule has 1 N–H and O–H groups in total. The van der Waals surface area contributed by atoms with Crippen molar-refractivity contribution in [3.8, 4) is 0 Å². The van der Waals surface area contributed by atoms with E-state index in [2.05, 4.69) is 15.3 Å². The quantitative estimate of drug-likeness (QED) is 0.869. The molecule has 3 rings (SSSR count). The fraction of sp³-hybridized carbons (Fsp3) is 0.529. The predicted molar refractivity (Wildman–Crippen MR) is 88.5 cm³/mol. The van der Waals surface area contributed by atoms with E-state index in [4.69, 9.17) is 9.15 Å². The molecule has 0 aromatic carbocycles. The fourth-order valence-corrected chi connectivity index (χ4v) is 2.91. The molecule has 24 heavy (non-hydrogen) atoms. The predicted octanol–water partition coefficient (Wildman–Crippen LogP) is 1.54. The highest BCUT2D eigenvalue weighted by Crippen LogP contribution is 2.23. The smallest absolute Gasteiger partial charge is 0.244 e. The van der Waals surface area contributed by atoms with E-state index in [0.717, 1.165) is 24.6 Å². The van der Waals surface area contributed by atoms with Crippen molar-refractivity contribution in [2.45, 2.75) is 25.9 Å². The fourth-order valence-electron chi connectivity index (χ4n) is 2.91. The number of nitrogens with one attached hydrogen (secondary N) is 1. The van der Waals surface area contributed by atoms with Gasteiger partial charge >= 0.3 is 0 Å². The molecule has 3 heterocycles. The molecule has 7 nitrogen and oxygen atoms in total. The molecule has 0 spiro atoms. The standard InChI is InChI=1S/C17H24N4O3/c1-13-4-5-16(24-13)15(20-8-10-23-11-9-20)12-18-17(22)14(2)21-7-3-6-19-21/h3-7,14-15H,8-12H2,1-2H3,(H,18,22)/t14-,15+/m1/s1. The summed E-state index contributed by atoms with van der Waals surface area (Å²) >= 11 is 0. The van der Waals surface area contributed by atoms with Crippen molar-refractivity contribution in [2.75, 3.05) is 32.8 Å². The van der Waals surface area contributed by atoms with E-state index in [9.17, 15) is 4.79 Å². The maximum Gasteiger partial charge on any atom is 0.244 e. The normalized spacial score (nSPS) is 18.2. The number of carbonyl (C=O) groups excluding carboxylic acids is 1. The third kappa shape index (κ3) is 3.85. The summed E-state index contributed by atoms with van der Waals surface area (Å²) < 4.78 is 12.9. The van der Waals surface area contributed by atoms with Crippen molar-refractivity contribution >= 4 is 5.91 Å². The second kappa shape index (κ2) is 7.63. The molecule has 0 bridgehead atoms. The Hall–Kier alpha value is -2.12. The van der Waals surface area contributed by atoms with Gasteiger partial charge in [-0.05, 0) is 32.0 Å². The van der Waals surface area contributed by atoms with Crippen LogP contribution >= 0.6 is 0 Å². The zero-order chi connectivity index (χ0) is 16.9. The first kappa shape index (κ1) is 16.7. The van der Waals surface area contributed by atoms with Crippen LogP contribution in [0.5, 0.6) is 0 Å². The zero-order valence-corrected chi connectivity index (χ0v) is 14.1. The molecule has 2 aromatic rings. The van der Waals surface area contributed by atoms with Gasteiger partial charge in [-0.3, -0.25) is 14.4 Å². The van der Waals surface area contributed by atoms with Gasteiger partial charge in [-0.15, -0.1) is 0 Å². The van der Waals surface area contributed by atoms with Gasteiger partial charge in [-0.25, -0.2) is 0 Å². The highest BCUT2D eigenvalue weighted by atomic mass is 16.5. The zero-order valence-electron chi connectivity index (χ0n) is 14.1. The highest BCUT2D eigenvalue weighted by molar-refractivity contribution is 5.79. The van der Waals surface area contributed by atoms with Crippen LogP contribution in [0.25, 0.3) is 0 Å². The van der Waals surface area contributed by atoms with Crippen LogP contribution in [-0.2, 0) is 9.53 Å². The molecule has 2 atom stereocenters. The van der Waals surface area contributed by atoms with Gasteiger partial charge in [0.25, 0.3) is 0 Å². The number of ether oxygens (including phenoxy) is 1. The minimum Gasteiger partial charge on any atom is -0.465 e. The van der Waals surface area contributed by atoms with Crippen LogP contribution in [0, 0.1) is 6.92 Å². The Balaban J connectivity index is 1.66. The summed E-state index contributed by atoms with van der Waals surface area (Å²) in [4.78, 5) is 14.7. The molecule has 7 heteroatoms. The second-order valence-electron chi connectivity index (χ2n) is 6.02. The SMILES string of the molecule is Cc1ccc([C@H](CNC(=O)[C@@H](C)n2cccn2)N2CCOCC2)o1. The third-order valence-corrected chi connectivity index (χ3v) is 4.35. The highest BCUT2D eigenvalue weighted by Gasteiger charge is 2.26. The van der Waals surface area contributed by atoms with Crippen molar-refractivity contribution < 1.29 is 13.9 Å². The summed E-state index contributed by atoms with van der Waals surface area (Å²) in [6, 6.07) is 5.42. The Morgan fingerprint density at radius 3 is 2.79 bits per heavy atom. The number of carbonyl (C=O) groups is 1. The van der Waals surface area contributed by atoms with Crippen molar-refractivity contribution in [3.05, 3.63) is 42.1 Å². The van der Waals surface area contributed by atoms with E-state index in [-0.39, 0.29) is 18.0 Å². The number of aromatic nitrogens is 2. The minimum absolute atomic E-state index is 0.0105. The maximum atomic E-state index is 12.4. The molecule has 1 saturated heterocycles. The summed E-state index contributed by atoms with van der Waals surface area (Å²) in [5.74, 6) is 1.70. The second-order valence-corrected chi connectivity index (χ2v) is 6.02. The van der Waals surface area contributed by atoms with Gasteiger partial charge in [0.05, 0.1) is 19.3 Å². The van der Waals surface area contributed by atoms with Gasteiger partial charge in [0.15, 0.2) is 0 Å². The summed E-state index contributed by atoms with van der Waals surface area (Å²) in [6.07, 6.45) is 3.46. The molecule has 2 aromatic heterocycles. The van der Waals surface area contributed by atoms with E-state index >= 15 is 0 Å². The van der Waals surface area contributed by atoms with E-state index in [1.807, 2.05) is 32.0 Å². The summed E-state index contributed by atoms with van der Waals surface area (Å²) in [5, 5.41) is 7.16. The number of hydrogen-bond donors (Lipinski definition) is 1. The number of aryl methyl sites for hydroxylation is 1. The van der Waals surface area contributed by atoms with Crippen LogP contribution < -0.4 is 5.32 Å². The molecule has 0 unspecified atom stereocenters. The van der Waals surface area contributed by atoms with Gasteiger partial charge in [0.2, 0.25) is 5.91 Å². The molecule has 1 amide bonds. The Labute approximate surface area is 141 Å². The number of nitrogens with zero attached hydrogens (tertiary/aromatic N) is 3. The molecule has 1 aliphatic rings. The van der Waals surface area contributed by atoms with Crippen molar-refractivity contribution in [3.63, 3.8) is 0 Å². The van der Waals surface area contributed by atoms with E-state index < -0.39 is 0 Å². The lowest BCUT2D eigenvalue weighted by Gasteiger charge is -2.33. The van der Waals surface area contributed by atoms with Crippen molar-refractivity contribution in [1.82, 2.24) is 20.0 Å². The van der Waals surface area contributed by atoms with Gasteiger partial charge in [-0.1, -0.05) is 0 Å². The van der Waals surface area contributed by atoms with E-state index in [1.54, 1.807) is 17.1 Å². The lowest BCUT2D eigenvalue weighted by molar-refractivity contribution is -0.124. The summed E-state index contributed by atoms with van der Waals surface area (Å²) in [6.45, 7) is 7.32. The largest absolute Gasteiger partial charge is 0.465 e. The van der Waals surface area contributed by atoms with Crippen LogP contribution in [0.4, 0.5) is 0 Å². The number of morpholine rings is 1. The topological polar surface area (TPSA) is 72.5 Å². The minimum atomic E-state index is -0.344. The number of furan rings is 1. The van der Waals surface area contributed by atoms with Crippen molar-refractivity contribution in [1.29, 1.82) is 0 Å². The lowest BCUT2D eigenvalue weighted by Crippen LogP contribution is -2.44. The molecule has 130 valence electrons. The Bertz CT molecular complexity index is 647. The Morgan fingerprint density at radius 1 is 1.38 bits per heavy atom. The van der Waals surface area contributed by atoms with Crippen LogP contribution in [0.3, 0.4) is 0 Å². The Kier molecular flexibility index (Phi) is 5.32. The van der Waals surface area contributed by atoms with Gasteiger partial charge in [-0.2, -0.15) is 5.10 Å². The number of rotatable bonds is 6. The monoisotopic (exact) mass is 332 g/mol. The van der Waals surface area contributed by atoms with Gasteiger partial charge in [0, 0.05) is 32.0 Å². The van der Waals surface area contributed by atoms with Crippen LogP contribution in [-0.4, -0.2) is 53.4 Å². The molecule has 0 saturated carbocycles. The third-order valence-electron chi connectivity index (χ3n) is 4.35. The maximum absolute atomic E-state index is 12.4. The summed E-state index contributed by atoms with van der Waals surface area (Å²) in [5.41, 5.74) is 0. The average Bonchev–Trinajstić information content (AvgIpc) is 3.27. The lowest BCUT2D eigenvalue weighted by atomic mass is 10.1. The molecular formula is C17H24N4O3. The first-order chi connectivity index (χ1) is 11.6. The molecule has 1 aliphatic heterocycles. The first-order valence-electron chi connectivity index (χ1n) is 8.30. The van der Waals surface area contributed by atoms with E-state index in [0.29, 0.717) is 19.8 Å². The average molecular weight is 332 g/mol. The first-order valence-corrected chi connectivity index (χ1v) is 8.30. The van der Waals surface area contributed by atoms with Gasteiger partial charge in [0.1, 0.15) is 17.6 Å². The van der Waals surface area contributed by atoms with Crippen LogP contribution in [0.1, 0.15) is 30.5 Å². The summed E-state index contributed by atoms with van der Waals surface area (Å²) in [7, 11) is 0. The number of amides is 1. The van der Waals surface area contributed by atoms with Gasteiger partial charge < -0.3 is 14.5 Å². The molecular weight excluding hydrogens is 308 g/mol. The van der Waals surface area contributed by atoms with Crippen LogP contribution in [0.15, 0.2) is 35.0 Å². The molecule has 0 aliphatic carbocycles. The van der Waals surface area contributed by atoms with Crippen LogP contribution in [0.2, 0.25) is 0 Å². The van der Waals surface area contributed by atoms with E-state index in [1.165, 1.54) is 0 Å². The number of hydrogen-bond acceptors (Lipinski definition) is 5. The Morgan fingerprint density at radius 2 is 2.17 bits per heavy atom. The van der Waals surface area contributed by atoms with Crippen molar-refractivity contribution in [2.24, 2.45) is 0 Å².